The van der Waals surface area contributed by atoms with Crippen LogP contribution in [-0.2, 0) is 19.1 Å². The number of rotatable bonds is 8. The molecule has 3 atom stereocenters. The van der Waals surface area contributed by atoms with Crippen molar-refractivity contribution in [3.05, 3.63) is 0 Å². The number of halogens is 4. The Labute approximate surface area is 192 Å². The van der Waals surface area contributed by atoms with E-state index < -0.39 is 35.5 Å². The van der Waals surface area contributed by atoms with Crippen molar-refractivity contribution in [3.63, 3.8) is 0 Å². The van der Waals surface area contributed by atoms with Gasteiger partial charge in [-0.15, -0.1) is 0 Å². The van der Waals surface area contributed by atoms with E-state index in [1.165, 1.54) is 0 Å². The second-order valence-corrected chi connectivity index (χ2v) is 11.5. The Hall–Kier alpha value is -1.34. The number of hydrogen-bond donors (Lipinski definition) is 0. The van der Waals surface area contributed by atoms with Gasteiger partial charge in [-0.25, -0.2) is 9.59 Å². The molecule has 8 heteroatoms. The van der Waals surface area contributed by atoms with E-state index in [0.29, 0.717) is 37.0 Å². The van der Waals surface area contributed by atoms with Crippen LogP contribution in [0.5, 0.6) is 0 Å². The number of alkyl halides is 4. The predicted octanol–water partition coefficient (Wildman–Crippen LogP) is 5.92. The van der Waals surface area contributed by atoms with Crippen LogP contribution in [0.3, 0.4) is 0 Å². The maximum atomic E-state index is 14.9. The molecule has 0 aromatic rings. The van der Waals surface area contributed by atoms with Gasteiger partial charge in [0.15, 0.2) is 0 Å². The fourth-order valence-electron chi connectivity index (χ4n) is 8.10. The van der Waals surface area contributed by atoms with Crippen LogP contribution in [0.2, 0.25) is 0 Å². The molecule has 0 aromatic carbocycles. The summed E-state index contributed by atoms with van der Waals surface area (Å²) in [7, 11) is 0. The van der Waals surface area contributed by atoms with Gasteiger partial charge in [0.1, 0.15) is 11.7 Å². The molecule has 6 aliphatic rings. The highest BCUT2D eigenvalue weighted by Crippen LogP contribution is 2.61. The first kappa shape index (κ1) is 23.4. The molecule has 33 heavy (non-hydrogen) atoms. The maximum absolute atomic E-state index is 14.9. The van der Waals surface area contributed by atoms with Gasteiger partial charge in [-0.2, -0.15) is 17.6 Å². The molecule has 6 bridgehead atoms. The summed E-state index contributed by atoms with van der Waals surface area (Å²) in [4.78, 5) is 24.9. The minimum atomic E-state index is -5.27. The van der Waals surface area contributed by atoms with Crippen LogP contribution in [0.4, 0.5) is 17.6 Å². The van der Waals surface area contributed by atoms with Gasteiger partial charge < -0.3 is 9.47 Å². The zero-order valence-corrected chi connectivity index (χ0v) is 19.2. The lowest BCUT2D eigenvalue weighted by Gasteiger charge is -2.60. The van der Waals surface area contributed by atoms with Gasteiger partial charge in [0.2, 0.25) is 0 Å². The van der Waals surface area contributed by atoms with E-state index in [2.05, 4.69) is 0 Å². The summed E-state index contributed by atoms with van der Waals surface area (Å²) in [5.74, 6) is -14.0. The fraction of sp³-hybridized carbons (Fsp3) is 0.920. The molecule has 186 valence electrons. The second kappa shape index (κ2) is 8.11. The summed E-state index contributed by atoms with van der Waals surface area (Å²) in [5.41, 5.74) is -1.13. The molecule has 6 saturated carbocycles. The Kier molecular flexibility index (Phi) is 5.75. The Morgan fingerprint density at radius 2 is 1.42 bits per heavy atom. The van der Waals surface area contributed by atoms with Crippen LogP contribution in [0.15, 0.2) is 0 Å². The lowest BCUT2D eigenvalue weighted by molar-refractivity contribution is -0.263. The van der Waals surface area contributed by atoms with Crippen molar-refractivity contribution in [2.75, 3.05) is 0 Å². The van der Waals surface area contributed by atoms with Crippen LogP contribution >= 0.6 is 0 Å². The topological polar surface area (TPSA) is 52.6 Å². The Morgan fingerprint density at radius 1 is 0.818 bits per heavy atom. The smallest absolute Gasteiger partial charge is 0.415 e. The third kappa shape index (κ3) is 3.69. The van der Waals surface area contributed by atoms with Crippen molar-refractivity contribution in [3.8, 4) is 0 Å². The van der Waals surface area contributed by atoms with Crippen molar-refractivity contribution in [1.82, 2.24) is 0 Å². The van der Waals surface area contributed by atoms with Crippen molar-refractivity contribution in [1.29, 1.82) is 0 Å². The van der Waals surface area contributed by atoms with E-state index in [-0.39, 0.29) is 17.8 Å². The van der Waals surface area contributed by atoms with Gasteiger partial charge in [0.25, 0.3) is 0 Å². The van der Waals surface area contributed by atoms with E-state index in [1.54, 1.807) is 0 Å². The minimum Gasteiger partial charge on any atom is -0.457 e. The fourth-order valence-corrected chi connectivity index (χ4v) is 8.10. The molecular weight excluding hydrogens is 440 g/mol. The molecule has 0 N–H and O–H groups in total. The molecule has 6 rings (SSSR count). The van der Waals surface area contributed by atoms with Gasteiger partial charge >= 0.3 is 23.8 Å². The third-order valence-corrected chi connectivity index (χ3v) is 9.56. The van der Waals surface area contributed by atoms with Gasteiger partial charge in [-0.05, 0) is 106 Å². The lowest BCUT2D eigenvalue weighted by Crippen LogP contribution is -2.63. The SMILES string of the molecule is CCCCC1(OC(=O)C(F)(F)C(F)(F)C(=O)OC2CC3CCC2C3)C2CC3CC(C2)CC1C3. The molecule has 0 radical (unpaired) electrons. The molecule has 0 saturated heterocycles. The molecule has 3 unspecified atom stereocenters. The summed E-state index contributed by atoms with van der Waals surface area (Å²) in [5, 5.41) is 0. The first-order valence-corrected chi connectivity index (χ1v) is 12.8. The van der Waals surface area contributed by atoms with Crippen LogP contribution in [0, 0.1) is 35.5 Å². The molecule has 6 fully saturated rings. The number of fused-ring (bicyclic) bond motifs is 2. The molecule has 6 aliphatic carbocycles. The molecule has 0 aromatic heterocycles. The highest BCUT2D eigenvalue weighted by atomic mass is 19.3. The number of esters is 2. The zero-order valence-electron chi connectivity index (χ0n) is 19.2. The van der Waals surface area contributed by atoms with Crippen LogP contribution < -0.4 is 0 Å². The van der Waals surface area contributed by atoms with E-state index in [1.807, 2.05) is 6.92 Å². The van der Waals surface area contributed by atoms with Crippen molar-refractivity contribution in [2.24, 2.45) is 35.5 Å². The summed E-state index contributed by atoms with van der Waals surface area (Å²) in [6.45, 7) is 1.96. The average molecular weight is 475 g/mol. The molecular formula is C25H34F4O4. The Morgan fingerprint density at radius 3 is 1.94 bits per heavy atom. The van der Waals surface area contributed by atoms with Gasteiger partial charge in [0, 0.05) is 0 Å². The summed E-state index contributed by atoms with van der Waals surface area (Å²) >= 11 is 0. The van der Waals surface area contributed by atoms with Crippen LogP contribution in [-0.4, -0.2) is 35.5 Å². The summed E-state index contributed by atoms with van der Waals surface area (Å²) in [6, 6.07) is 0. The first-order chi connectivity index (χ1) is 15.6. The number of ether oxygens (including phenoxy) is 2. The average Bonchev–Trinajstić information content (AvgIpc) is 3.38. The Bertz CT molecular complexity index is 769. The first-order valence-electron chi connectivity index (χ1n) is 12.8. The van der Waals surface area contributed by atoms with Crippen molar-refractivity contribution in [2.45, 2.75) is 108 Å². The monoisotopic (exact) mass is 474 g/mol. The highest BCUT2D eigenvalue weighted by molar-refractivity contribution is 5.90. The number of carbonyl (C=O) groups excluding carboxylic acids is 2. The highest BCUT2D eigenvalue weighted by Gasteiger charge is 2.71. The van der Waals surface area contributed by atoms with E-state index in [9.17, 15) is 27.2 Å². The molecule has 0 heterocycles. The van der Waals surface area contributed by atoms with Gasteiger partial charge in [-0.1, -0.05) is 13.3 Å². The number of hydrogen-bond acceptors (Lipinski definition) is 4. The van der Waals surface area contributed by atoms with Crippen molar-refractivity contribution < 1.29 is 36.6 Å². The van der Waals surface area contributed by atoms with Crippen LogP contribution in [0.25, 0.3) is 0 Å². The minimum absolute atomic E-state index is 0.0549. The molecule has 0 amide bonds. The van der Waals surface area contributed by atoms with E-state index in [0.717, 1.165) is 57.8 Å². The zero-order chi connectivity index (χ0) is 23.6. The quantitative estimate of drug-likeness (QED) is 0.324. The molecule has 0 spiro atoms. The second-order valence-electron chi connectivity index (χ2n) is 11.5. The largest absolute Gasteiger partial charge is 0.457 e. The number of carbonyl (C=O) groups is 2. The Balaban J connectivity index is 1.32. The van der Waals surface area contributed by atoms with Gasteiger partial charge in [-0.3, -0.25) is 0 Å². The maximum Gasteiger partial charge on any atom is 0.415 e. The summed E-state index contributed by atoms with van der Waals surface area (Å²) < 4.78 is 69.5. The number of unbranched alkanes of at least 4 members (excludes halogenated alkanes) is 1. The molecule has 4 nitrogen and oxygen atoms in total. The van der Waals surface area contributed by atoms with Crippen LogP contribution in [0.1, 0.15) is 84.0 Å². The summed E-state index contributed by atoms with van der Waals surface area (Å²) in [6.07, 6.45) is 8.26. The molecule has 0 aliphatic heterocycles. The third-order valence-electron chi connectivity index (χ3n) is 9.56. The van der Waals surface area contributed by atoms with Crippen molar-refractivity contribution >= 4 is 11.9 Å². The van der Waals surface area contributed by atoms with E-state index in [4.69, 9.17) is 9.47 Å². The normalized spacial score (nSPS) is 41.4. The predicted molar refractivity (Wildman–Crippen MR) is 111 cm³/mol. The van der Waals surface area contributed by atoms with E-state index >= 15 is 0 Å². The standard InChI is InChI=1S/C25H34F4O4/c1-2-3-6-23(18-9-15-7-16(11-18)12-19(23)10-15)33-22(31)25(28,29)24(26,27)21(30)32-20-13-14-4-5-17(20)8-14/h14-20H,2-13H2,1H3. The lowest BCUT2D eigenvalue weighted by atomic mass is 9.49. The van der Waals surface area contributed by atoms with Gasteiger partial charge in [0.05, 0.1) is 0 Å².